The molecule has 1 aliphatic heterocycles. The molecule has 0 N–H and O–H groups in total. The number of esters is 1. The SMILES string of the molecule is COC(=O)c1cnc(N2CC(C)OC(C)C2)s1. The maximum atomic E-state index is 11.3. The van der Waals surface area contributed by atoms with Gasteiger partial charge >= 0.3 is 5.97 Å². The van der Waals surface area contributed by atoms with Crippen LogP contribution in [0.3, 0.4) is 0 Å². The van der Waals surface area contributed by atoms with Crippen LogP contribution in [-0.4, -0.2) is 43.4 Å². The minimum absolute atomic E-state index is 0.184. The van der Waals surface area contributed by atoms with Crippen LogP contribution in [0.2, 0.25) is 0 Å². The predicted molar refractivity (Wildman–Crippen MR) is 65.7 cm³/mol. The quantitative estimate of drug-likeness (QED) is 0.751. The van der Waals surface area contributed by atoms with E-state index in [1.165, 1.54) is 18.4 Å². The molecule has 17 heavy (non-hydrogen) atoms. The van der Waals surface area contributed by atoms with E-state index in [1.54, 1.807) is 6.20 Å². The van der Waals surface area contributed by atoms with Crippen LogP contribution in [0.4, 0.5) is 5.13 Å². The van der Waals surface area contributed by atoms with E-state index >= 15 is 0 Å². The molecule has 5 nitrogen and oxygen atoms in total. The Morgan fingerprint density at radius 2 is 2.18 bits per heavy atom. The van der Waals surface area contributed by atoms with Gasteiger partial charge in [-0.1, -0.05) is 11.3 Å². The zero-order valence-corrected chi connectivity index (χ0v) is 11.0. The predicted octanol–water partition coefficient (Wildman–Crippen LogP) is 1.54. The average Bonchev–Trinajstić information content (AvgIpc) is 2.76. The summed E-state index contributed by atoms with van der Waals surface area (Å²) in [7, 11) is 1.38. The Labute approximate surface area is 104 Å². The third-order valence-corrected chi connectivity index (χ3v) is 3.61. The maximum Gasteiger partial charge on any atom is 0.349 e. The lowest BCUT2D eigenvalue weighted by Gasteiger charge is -2.35. The lowest BCUT2D eigenvalue weighted by atomic mass is 10.2. The standard InChI is InChI=1S/C11H16N2O3S/c1-7-5-13(6-8(2)16-7)11-12-4-9(17-11)10(14)15-3/h4,7-8H,5-6H2,1-3H3. The number of anilines is 1. The summed E-state index contributed by atoms with van der Waals surface area (Å²) < 4.78 is 10.3. The van der Waals surface area contributed by atoms with Gasteiger partial charge in [-0.25, -0.2) is 9.78 Å². The summed E-state index contributed by atoms with van der Waals surface area (Å²) in [5, 5.41) is 0.854. The molecule has 0 aromatic carbocycles. The number of methoxy groups -OCH3 is 1. The highest BCUT2D eigenvalue weighted by Gasteiger charge is 2.25. The molecular weight excluding hydrogens is 240 g/mol. The van der Waals surface area contributed by atoms with Crippen LogP contribution >= 0.6 is 11.3 Å². The van der Waals surface area contributed by atoms with Crippen molar-refractivity contribution in [3.05, 3.63) is 11.1 Å². The van der Waals surface area contributed by atoms with E-state index < -0.39 is 0 Å². The summed E-state index contributed by atoms with van der Waals surface area (Å²) in [6.07, 6.45) is 1.94. The lowest BCUT2D eigenvalue weighted by Crippen LogP contribution is -2.45. The van der Waals surface area contributed by atoms with E-state index in [4.69, 9.17) is 4.74 Å². The highest BCUT2D eigenvalue weighted by Crippen LogP contribution is 2.26. The van der Waals surface area contributed by atoms with Crippen LogP contribution in [0.5, 0.6) is 0 Å². The number of thiazole rings is 1. The molecule has 1 aliphatic rings. The van der Waals surface area contributed by atoms with Crippen molar-refractivity contribution in [3.63, 3.8) is 0 Å². The molecule has 1 saturated heterocycles. The number of carbonyl (C=O) groups excluding carboxylic acids is 1. The van der Waals surface area contributed by atoms with Crippen LogP contribution in [0.1, 0.15) is 23.5 Å². The number of morpholine rings is 1. The first-order valence-corrected chi connectivity index (χ1v) is 6.36. The number of hydrogen-bond acceptors (Lipinski definition) is 6. The van der Waals surface area contributed by atoms with Gasteiger partial charge in [-0.05, 0) is 13.8 Å². The largest absolute Gasteiger partial charge is 0.465 e. The molecule has 94 valence electrons. The fourth-order valence-corrected chi connectivity index (χ4v) is 2.79. The molecule has 0 saturated carbocycles. The molecule has 1 fully saturated rings. The molecule has 0 bridgehead atoms. The van der Waals surface area contributed by atoms with Gasteiger partial charge in [-0.3, -0.25) is 0 Å². The van der Waals surface area contributed by atoms with Gasteiger partial charge in [0.2, 0.25) is 0 Å². The number of nitrogens with zero attached hydrogens (tertiary/aromatic N) is 2. The first-order valence-electron chi connectivity index (χ1n) is 5.54. The maximum absolute atomic E-state index is 11.3. The molecular formula is C11H16N2O3S. The Kier molecular flexibility index (Phi) is 3.63. The van der Waals surface area contributed by atoms with Crippen molar-refractivity contribution in [2.75, 3.05) is 25.1 Å². The van der Waals surface area contributed by atoms with E-state index in [2.05, 4.69) is 14.6 Å². The second-order valence-electron chi connectivity index (χ2n) is 4.16. The molecule has 2 atom stereocenters. The van der Waals surface area contributed by atoms with Crippen molar-refractivity contribution in [2.45, 2.75) is 26.1 Å². The van der Waals surface area contributed by atoms with Crippen LogP contribution in [0, 0.1) is 0 Å². The molecule has 2 rings (SSSR count). The number of rotatable bonds is 2. The number of carbonyl (C=O) groups is 1. The van der Waals surface area contributed by atoms with Crippen molar-refractivity contribution in [2.24, 2.45) is 0 Å². The summed E-state index contributed by atoms with van der Waals surface area (Å²) in [6.45, 7) is 5.69. The molecule has 6 heteroatoms. The highest BCUT2D eigenvalue weighted by molar-refractivity contribution is 7.17. The van der Waals surface area contributed by atoms with E-state index in [0.717, 1.165) is 18.2 Å². The first kappa shape index (κ1) is 12.3. The third kappa shape index (κ3) is 2.76. The second-order valence-corrected chi connectivity index (χ2v) is 5.17. The summed E-state index contributed by atoms with van der Waals surface area (Å²) in [5.41, 5.74) is 0. The fourth-order valence-electron chi connectivity index (χ4n) is 1.94. The van der Waals surface area contributed by atoms with Crippen molar-refractivity contribution in [3.8, 4) is 0 Å². The Balaban J connectivity index is 2.11. The monoisotopic (exact) mass is 256 g/mol. The molecule has 2 unspecified atom stereocenters. The van der Waals surface area contributed by atoms with Crippen molar-refractivity contribution in [1.29, 1.82) is 0 Å². The van der Waals surface area contributed by atoms with Gasteiger partial charge in [-0.15, -0.1) is 0 Å². The smallest absolute Gasteiger partial charge is 0.349 e. The van der Waals surface area contributed by atoms with E-state index in [0.29, 0.717) is 4.88 Å². The van der Waals surface area contributed by atoms with Crippen molar-refractivity contribution >= 4 is 22.4 Å². The Morgan fingerprint density at radius 3 is 2.76 bits per heavy atom. The zero-order chi connectivity index (χ0) is 12.4. The zero-order valence-electron chi connectivity index (χ0n) is 10.2. The molecule has 0 amide bonds. The summed E-state index contributed by atoms with van der Waals surface area (Å²) in [4.78, 5) is 18.3. The van der Waals surface area contributed by atoms with Crippen LogP contribution < -0.4 is 4.90 Å². The molecule has 2 heterocycles. The van der Waals surface area contributed by atoms with Gasteiger partial charge in [0.25, 0.3) is 0 Å². The van der Waals surface area contributed by atoms with Gasteiger partial charge in [0, 0.05) is 13.1 Å². The highest BCUT2D eigenvalue weighted by atomic mass is 32.1. The fraction of sp³-hybridized carbons (Fsp3) is 0.636. The third-order valence-electron chi connectivity index (χ3n) is 2.57. The van der Waals surface area contributed by atoms with E-state index in [9.17, 15) is 4.79 Å². The average molecular weight is 256 g/mol. The van der Waals surface area contributed by atoms with Gasteiger partial charge in [0.1, 0.15) is 4.88 Å². The Morgan fingerprint density at radius 1 is 1.53 bits per heavy atom. The number of aromatic nitrogens is 1. The summed E-state index contributed by atoms with van der Waals surface area (Å²) in [6, 6.07) is 0. The molecule has 1 aromatic rings. The summed E-state index contributed by atoms with van der Waals surface area (Å²) in [5.74, 6) is -0.330. The van der Waals surface area contributed by atoms with Gasteiger partial charge in [0.05, 0.1) is 25.5 Å². The van der Waals surface area contributed by atoms with E-state index in [1.807, 2.05) is 13.8 Å². The molecule has 0 spiro atoms. The normalized spacial score (nSPS) is 24.8. The Hall–Kier alpha value is -1.14. The van der Waals surface area contributed by atoms with Gasteiger partial charge in [-0.2, -0.15) is 0 Å². The van der Waals surface area contributed by atoms with Crippen LogP contribution in [-0.2, 0) is 9.47 Å². The van der Waals surface area contributed by atoms with Crippen LogP contribution in [0.15, 0.2) is 6.20 Å². The van der Waals surface area contributed by atoms with E-state index in [-0.39, 0.29) is 18.2 Å². The molecule has 1 aromatic heterocycles. The number of ether oxygens (including phenoxy) is 2. The van der Waals surface area contributed by atoms with Crippen LogP contribution in [0.25, 0.3) is 0 Å². The minimum Gasteiger partial charge on any atom is -0.465 e. The molecule has 0 radical (unpaired) electrons. The van der Waals surface area contributed by atoms with Gasteiger partial charge in [0.15, 0.2) is 5.13 Å². The minimum atomic E-state index is -0.330. The topological polar surface area (TPSA) is 51.7 Å². The molecule has 0 aliphatic carbocycles. The lowest BCUT2D eigenvalue weighted by molar-refractivity contribution is -0.00523. The Bertz CT molecular complexity index is 397. The first-order chi connectivity index (χ1) is 8.10. The number of hydrogen-bond donors (Lipinski definition) is 0. The second kappa shape index (κ2) is 5.01. The summed E-state index contributed by atoms with van der Waals surface area (Å²) >= 11 is 1.36. The van der Waals surface area contributed by atoms with Crippen molar-refractivity contribution < 1.29 is 14.3 Å². The van der Waals surface area contributed by atoms with Gasteiger partial charge < -0.3 is 14.4 Å². The van der Waals surface area contributed by atoms with Crippen molar-refractivity contribution in [1.82, 2.24) is 4.98 Å².